The van der Waals surface area contributed by atoms with Crippen LogP contribution in [0.5, 0.6) is 0 Å². The van der Waals surface area contributed by atoms with Gasteiger partial charge in [0.2, 0.25) is 10.0 Å². The average Bonchev–Trinajstić information content (AvgIpc) is 2.55. The molecular formula is C12H14N2O4S. The maximum absolute atomic E-state index is 11.3. The van der Waals surface area contributed by atoms with Crippen LogP contribution in [0.25, 0.3) is 10.9 Å². The average molecular weight is 282 g/mol. The van der Waals surface area contributed by atoms with Gasteiger partial charge in [-0.2, -0.15) is 0 Å². The summed E-state index contributed by atoms with van der Waals surface area (Å²) in [6.45, 7) is 1.63. The first-order valence-corrected chi connectivity index (χ1v) is 7.45. The molecule has 0 bridgehead atoms. The fraction of sp³-hybridized carbons (Fsp3) is 0.250. The van der Waals surface area contributed by atoms with Crippen LogP contribution in [0.3, 0.4) is 0 Å². The van der Waals surface area contributed by atoms with Crippen molar-refractivity contribution < 1.29 is 18.3 Å². The van der Waals surface area contributed by atoms with Crippen molar-refractivity contribution in [3.63, 3.8) is 0 Å². The molecule has 0 spiro atoms. The third-order valence-corrected chi connectivity index (χ3v) is 3.33. The predicted molar refractivity (Wildman–Crippen MR) is 72.8 cm³/mol. The molecule has 7 heteroatoms. The lowest BCUT2D eigenvalue weighted by Crippen LogP contribution is -2.10. The van der Waals surface area contributed by atoms with E-state index >= 15 is 0 Å². The molecule has 6 nitrogen and oxygen atoms in total. The monoisotopic (exact) mass is 282 g/mol. The van der Waals surface area contributed by atoms with Gasteiger partial charge in [-0.1, -0.05) is 6.07 Å². The first kappa shape index (κ1) is 13.4. The quantitative estimate of drug-likeness (QED) is 0.887. The second kappa shape index (κ2) is 4.58. The molecule has 0 amide bonds. The van der Waals surface area contributed by atoms with Crippen LogP contribution in [0, 0.1) is 6.92 Å². The summed E-state index contributed by atoms with van der Waals surface area (Å²) in [5, 5.41) is 9.58. The number of carboxylic acids is 1. The lowest BCUT2D eigenvalue weighted by atomic mass is 10.2. The van der Waals surface area contributed by atoms with Crippen LogP contribution < -0.4 is 4.72 Å². The number of anilines is 1. The summed E-state index contributed by atoms with van der Waals surface area (Å²) in [7, 11) is -3.37. The maximum atomic E-state index is 11.3. The fourth-order valence-electron chi connectivity index (χ4n) is 2.05. The van der Waals surface area contributed by atoms with Crippen LogP contribution in [0.1, 0.15) is 5.69 Å². The van der Waals surface area contributed by atoms with E-state index in [1.165, 1.54) is 0 Å². The summed E-state index contributed by atoms with van der Waals surface area (Å²) in [6, 6.07) is 6.87. The lowest BCUT2D eigenvalue weighted by molar-refractivity contribution is -0.137. The maximum Gasteiger partial charge on any atom is 0.323 e. The van der Waals surface area contributed by atoms with E-state index in [1.54, 1.807) is 35.8 Å². The molecule has 0 atom stereocenters. The van der Waals surface area contributed by atoms with Crippen molar-refractivity contribution in [2.75, 3.05) is 11.0 Å². The van der Waals surface area contributed by atoms with E-state index in [0.717, 1.165) is 11.9 Å². The number of carboxylic acid groups (broad SMARTS) is 1. The van der Waals surface area contributed by atoms with Gasteiger partial charge in [-0.15, -0.1) is 0 Å². The number of nitrogens with zero attached hydrogens (tertiary/aromatic N) is 1. The summed E-state index contributed by atoms with van der Waals surface area (Å²) in [5.41, 5.74) is 1.90. The molecule has 0 saturated heterocycles. The molecule has 0 fully saturated rings. The number of rotatable bonds is 4. The number of aromatic nitrogens is 1. The Morgan fingerprint density at radius 1 is 1.42 bits per heavy atom. The fourth-order valence-corrected chi connectivity index (χ4v) is 2.63. The van der Waals surface area contributed by atoms with E-state index in [4.69, 9.17) is 5.11 Å². The van der Waals surface area contributed by atoms with Gasteiger partial charge >= 0.3 is 5.97 Å². The van der Waals surface area contributed by atoms with Crippen molar-refractivity contribution >= 4 is 32.6 Å². The van der Waals surface area contributed by atoms with Crippen LogP contribution in [0.2, 0.25) is 0 Å². The molecule has 1 aromatic carbocycles. The Hall–Kier alpha value is -2.02. The van der Waals surface area contributed by atoms with Gasteiger partial charge in [0, 0.05) is 11.1 Å². The molecule has 19 heavy (non-hydrogen) atoms. The van der Waals surface area contributed by atoms with Gasteiger partial charge in [-0.05, 0) is 25.1 Å². The molecule has 0 unspecified atom stereocenters. The van der Waals surface area contributed by atoms with Crippen LogP contribution in [-0.4, -0.2) is 30.3 Å². The molecule has 2 rings (SSSR count). The summed E-state index contributed by atoms with van der Waals surface area (Å²) in [6.07, 6.45) is 1.08. The largest absolute Gasteiger partial charge is 0.480 e. The van der Waals surface area contributed by atoms with Gasteiger partial charge in [-0.3, -0.25) is 9.52 Å². The minimum absolute atomic E-state index is 0.155. The minimum atomic E-state index is -3.37. The predicted octanol–water partition coefficient (Wildman–Crippen LogP) is 1.41. The second-order valence-electron chi connectivity index (χ2n) is 4.38. The van der Waals surface area contributed by atoms with E-state index in [0.29, 0.717) is 16.6 Å². The van der Waals surface area contributed by atoms with E-state index in [-0.39, 0.29) is 6.54 Å². The SMILES string of the molecule is Cc1cc2c(NS(C)(=O)=O)cccc2n1CC(=O)O. The van der Waals surface area contributed by atoms with Crippen LogP contribution in [0.4, 0.5) is 5.69 Å². The third-order valence-electron chi connectivity index (χ3n) is 2.74. The van der Waals surface area contributed by atoms with Crippen molar-refractivity contribution in [3.8, 4) is 0 Å². The van der Waals surface area contributed by atoms with Crippen molar-refractivity contribution in [1.29, 1.82) is 0 Å². The zero-order valence-electron chi connectivity index (χ0n) is 10.5. The Morgan fingerprint density at radius 3 is 2.68 bits per heavy atom. The molecule has 102 valence electrons. The number of hydrogen-bond acceptors (Lipinski definition) is 3. The lowest BCUT2D eigenvalue weighted by Gasteiger charge is -2.07. The zero-order chi connectivity index (χ0) is 14.2. The van der Waals surface area contributed by atoms with E-state index in [1.807, 2.05) is 0 Å². The van der Waals surface area contributed by atoms with Crippen LogP contribution >= 0.6 is 0 Å². The van der Waals surface area contributed by atoms with Crippen LogP contribution in [-0.2, 0) is 21.4 Å². The smallest absolute Gasteiger partial charge is 0.323 e. The standard InChI is InChI=1S/C12H14N2O4S/c1-8-6-9-10(13-19(2,17)18)4-3-5-11(9)14(8)7-12(15)16/h3-6,13H,7H2,1-2H3,(H,15,16). The molecule has 2 aromatic rings. The van der Waals surface area contributed by atoms with Gasteiger partial charge < -0.3 is 9.67 Å². The number of aliphatic carboxylic acids is 1. The molecule has 0 radical (unpaired) electrons. The number of nitrogens with one attached hydrogen (secondary N) is 1. The highest BCUT2D eigenvalue weighted by Crippen LogP contribution is 2.27. The van der Waals surface area contributed by atoms with Crippen molar-refractivity contribution in [2.24, 2.45) is 0 Å². The summed E-state index contributed by atoms with van der Waals surface area (Å²) in [4.78, 5) is 10.8. The number of carbonyl (C=O) groups is 1. The van der Waals surface area contributed by atoms with Crippen molar-refractivity contribution in [3.05, 3.63) is 30.0 Å². The van der Waals surface area contributed by atoms with Gasteiger partial charge in [0.05, 0.1) is 17.5 Å². The zero-order valence-corrected chi connectivity index (χ0v) is 11.4. The van der Waals surface area contributed by atoms with E-state index < -0.39 is 16.0 Å². The molecule has 2 N–H and O–H groups in total. The number of sulfonamides is 1. The number of aryl methyl sites for hydroxylation is 1. The minimum Gasteiger partial charge on any atom is -0.480 e. The van der Waals surface area contributed by atoms with Crippen molar-refractivity contribution in [1.82, 2.24) is 4.57 Å². The van der Waals surface area contributed by atoms with Gasteiger partial charge in [0.1, 0.15) is 6.54 Å². The first-order valence-electron chi connectivity index (χ1n) is 5.56. The normalized spacial score (nSPS) is 11.7. The molecule has 0 aliphatic heterocycles. The number of fused-ring (bicyclic) bond motifs is 1. The highest BCUT2D eigenvalue weighted by molar-refractivity contribution is 7.92. The summed E-state index contributed by atoms with van der Waals surface area (Å²) < 4.78 is 26.7. The van der Waals surface area contributed by atoms with Gasteiger partial charge in [0.15, 0.2) is 0 Å². The molecule has 0 aliphatic rings. The molecule has 0 saturated carbocycles. The Kier molecular flexibility index (Phi) is 3.23. The molecule has 1 aromatic heterocycles. The highest BCUT2D eigenvalue weighted by atomic mass is 32.2. The third kappa shape index (κ3) is 2.87. The number of hydrogen-bond donors (Lipinski definition) is 2. The Balaban J connectivity index is 2.61. The summed E-state index contributed by atoms with van der Waals surface area (Å²) in [5.74, 6) is -0.943. The first-order chi connectivity index (χ1) is 8.78. The van der Waals surface area contributed by atoms with E-state index in [2.05, 4.69) is 4.72 Å². The Morgan fingerprint density at radius 2 is 2.11 bits per heavy atom. The number of benzene rings is 1. The molecule has 1 heterocycles. The Labute approximate surface area is 110 Å². The topological polar surface area (TPSA) is 88.4 Å². The summed E-state index contributed by atoms with van der Waals surface area (Å²) >= 11 is 0. The molecular weight excluding hydrogens is 268 g/mol. The van der Waals surface area contributed by atoms with E-state index in [9.17, 15) is 13.2 Å². The van der Waals surface area contributed by atoms with Crippen LogP contribution in [0.15, 0.2) is 24.3 Å². The Bertz CT molecular complexity index is 746. The van der Waals surface area contributed by atoms with Gasteiger partial charge in [0.25, 0.3) is 0 Å². The highest BCUT2D eigenvalue weighted by Gasteiger charge is 2.13. The molecule has 0 aliphatic carbocycles. The second-order valence-corrected chi connectivity index (χ2v) is 6.13. The van der Waals surface area contributed by atoms with Crippen molar-refractivity contribution in [2.45, 2.75) is 13.5 Å². The van der Waals surface area contributed by atoms with Gasteiger partial charge in [-0.25, -0.2) is 8.42 Å².